The van der Waals surface area contributed by atoms with Gasteiger partial charge in [0.05, 0.1) is 5.69 Å². The molecule has 0 saturated carbocycles. The summed E-state index contributed by atoms with van der Waals surface area (Å²) >= 11 is 0. The van der Waals surface area contributed by atoms with Crippen molar-refractivity contribution in [1.29, 1.82) is 0 Å². The monoisotopic (exact) mass is 151 g/mol. The van der Waals surface area contributed by atoms with E-state index in [1.165, 1.54) is 6.07 Å². The SMILES string of the molecule is CNc1ccc(N)cc1N=O. The van der Waals surface area contributed by atoms with Gasteiger partial charge in [0.2, 0.25) is 0 Å². The van der Waals surface area contributed by atoms with Crippen molar-refractivity contribution in [2.75, 3.05) is 18.1 Å². The molecule has 3 N–H and O–H groups in total. The van der Waals surface area contributed by atoms with Crippen molar-refractivity contribution in [3.05, 3.63) is 23.1 Å². The van der Waals surface area contributed by atoms with Gasteiger partial charge in [0.15, 0.2) is 0 Å². The van der Waals surface area contributed by atoms with Gasteiger partial charge in [-0.25, -0.2) is 0 Å². The van der Waals surface area contributed by atoms with E-state index in [0.29, 0.717) is 17.1 Å². The van der Waals surface area contributed by atoms with Gasteiger partial charge in [-0.15, -0.1) is 4.91 Å². The third-order valence-electron chi connectivity index (χ3n) is 1.39. The molecule has 4 nitrogen and oxygen atoms in total. The highest BCUT2D eigenvalue weighted by Crippen LogP contribution is 2.26. The number of anilines is 2. The van der Waals surface area contributed by atoms with Crippen molar-refractivity contribution in [1.82, 2.24) is 0 Å². The van der Waals surface area contributed by atoms with Crippen LogP contribution in [0.4, 0.5) is 17.1 Å². The van der Waals surface area contributed by atoms with Gasteiger partial charge >= 0.3 is 0 Å². The molecule has 0 amide bonds. The van der Waals surface area contributed by atoms with Crippen LogP contribution in [0.1, 0.15) is 0 Å². The first-order chi connectivity index (χ1) is 5.27. The molecule has 11 heavy (non-hydrogen) atoms. The average molecular weight is 151 g/mol. The van der Waals surface area contributed by atoms with Crippen molar-refractivity contribution in [3.8, 4) is 0 Å². The molecule has 0 spiro atoms. The molecule has 0 fully saturated rings. The maximum atomic E-state index is 10.2. The normalized spacial score (nSPS) is 9.18. The Morgan fingerprint density at radius 1 is 1.55 bits per heavy atom. The summed E-state index contributed by atoms with van der Waals surface area (Å²) in [7, 11) is 1.72. The van der Waals surface area contributed by atoms with Gasteiger partial charge in [-0.1, -0.05) is 0 Å². The number of nitrogens with zero attached hydrogens (tertiary/aromatic N) is 1. The Labute approximate surface area is 64.4 Å². The number of nitrogen functional groups attached to an aromatic ring is 1. The van der Waals surface area contributed by atoms with E-state index < -0.39 is 0 Å². The summed E-state index contributed by atoms with van der Waals surface area (Å²) in [6.07, 6.45) is 0. The van der Waals surface area contributed by atoms with Crippen LogP contribution in [0.2, 0.25) is 0 Å². The van der Waals surface area contributed by atoms with Crippen molar-refractivity contribution < 1.29 is 0 Å². The zero-order valence-corrected chi connectivity index (χ0v) is 6.16. The number of rotatable bonds is 2. The summed E-state index contributed by atoms with van der Waals surface area (Å²) in [4.78, 5) is 10.2. The molecule has 58 valence electrons. The highest BCUT2D eigenvalue weighted by atomic mass is 16.3. The average Bonchev–Trinajstić information content (AvgIpc) is 2.04. The molecule has 0 radical (unpaired) electrons. The summed E-state index contributed by atoms with van der Waals surface area (Å²) in [5.74, 6) is 0. The Kier molecular flexibility index (Phi) is 2.06. The minimum atomic E-state index is 0.340. The molecule has 0 aliphatic heterocycles. The van der Waals surface area contributed by atoms with E-state index >= 15 is 0 Å². The molecule has 0 heterocycles. The Balaban J connectivity index is 3.16. The lowest BCUT2D eigenvalue weighted by Crippen LogP contribution is -1.90. The number of nitroso groups, excluding NO2 is 1. The predicted molar refractivity (Wildman–Crippen MR) is 45.9 cm³/mol. The third-order valence-corrected chi connectivity index (χ3v) is 1.39. The van der Waals surface area contributed by atoms with Crippen LogP contribution in [0.15, 0.2) is 23.4 Å². The molecule has 0 aliphatic rings. The summed E-state index contributed by atoms with van der Waals surface area (Å²) in [6, 6.07) is 4.95. The van der Waals surface area contributed by atoms with Crippen molar-refractivity contribution >= 4 is 17.1 Å². The maximum Gasteiger partial charge on any atom is 0.133 e. The Bertz CT molecular complexity index is 272. The van der Waals surface area contributed by atoms with Gasteiger partial charge in [-0.2, -0.15) is 0 Å². The fourth-order valence-corrected chi connectivity index (χ4v) is 0.836. The largest absolute Gasteiger partial charge is 0.399 e. The second kappa shape index (κ2) is 3.01. The molecular formula is C7H9N3O. The minimum Gasteiger partial charge on any atom is -0.399 e. The van der Waals surface area contributed by atoms with Gasteiger partial charge in [-0.05, 0) is 23.4 Å². The predicted octanol–water partition coefficient (Wildman–Crippen LogP) is 1.71. The first-order valence-corrected chi connectivity index (χ1v) is 3.18. The third kappa shape index (κ3) is 1.46. The van der Waals surface area contributed by atoms with Crippen molar-refractivity contribution in [3.63, 3.8) is 0 Å². The number of benzene rings is 1. The Hall–Kier alpha value is -1.58. The van der Waals surface area contributed by atoms with E-state index in [1.807, 2.05) is 0 Å². The lowest BCUT2D eigenvalue weighted by atomic mass is 10.2. The second-order valence-electron chi connectivity index (χ2n) is 2.12. The molecule has 0 bridgehead atoms. The van der Waals surface area contributed by atoms with Crippen molar-refractivity contribution in [2.45, 2.75) is 0 Å². The van der Waals surface area contributed by atoms with Crippen LogP contribution in [0.25, 0.3) is 0 Å². The van der Waals surface area contributed by atoms with Crippen LogP contribution in [0.3, 0.4) is 0 Å². The first kappa shape index (κ1) is 7.53. The number of hydrogen-bond acceptors (Lipinski definition) is 4. The van der Waals surface area contributed by atoms with Gasteiger partial charge in [-0.3, -0.25) is 0 Å². The molecule has 1 aromatic carbocycles. The maximum absolute atomic E-state index is 10.2. The van der Waals surface area contributed by atoms with E-state index in [4.69, 9.17) is 5.73 Å². The fraction of sp³-hybridized carbons (Fsp3) is 0.143. The van der Waals surface area contributed by atoms with Gasteiger partial charge in [0, 0.05) is 12.7 Å². The zero-order valence-electron chi connectivity index (χ0n) is 6.16. The van der Waals surface area contributed by atoms with Crippen LogP contribution in [0.5, 0.6) is 0 Å². The number of nitrogens with two attached hydrogens (primary N) is 1. The van der Waals surface area contributed by atoms with Crippen LogP contribution in [-0.4, -0.2) is 7.05 Å². The van der Waals surface area contributed by atoms with Gasteiger partial charge in [0.25, 0.3) is 0 Å². The molecule has 0 saturated heterocycles. The molecule has 0 unspecified atom stereocenters. The van der Waals surface area contributed by atoms with E-state index in [9.17, 15) is 4.91 Å². The first-order valence-electron chi connectivity index (χ1n) is 3.18. The van der Waals surface area contributed by atoms with E-state index in [1.54, 1.807) is 19.2 Å². The second-order valence-corrected chi connectivity index (χ2v) is 2.12. The fourth-order valence-electron chi connectivity index (χ4n) is 0.836. The quantitative estimate of drug-likeness (QED) is 0.499. The number of hydrogen-bond donors (Lipinski definition) is 2. The molecule has 1 rings (SSSR count). The highest BCUT2D eigenvalue weighted by molar-refractivity contribution is 5.69. The lowest BCUT2D eigenvalue weighted by molar-refractivity contribution is 1.44. The van der Waals surface area contributed by atoms with Crippen LogP contribution < -0.4 is 11.1 Å². The minimum absolute atomic E-state index is 0.340. The molecule has 0 aromatic heterocycles. The Morgan fingerprint density at radius 2 is 2.27 bits per heavy atom. The Morgan fingerprint density at radius 3 is 2.82 bits per heavy atom. The zero-order chi connectivity index (χ0) is 8.27. The van der Waals surface area contributed by atoms with Gasteiger partial charge in [0.1, 0.15) is 5.69 Å². The molecule has 4 heteroatoms. The van der Waals surface area contributed by atoms with Crippen LogP contribution in [-0.2, 0) is 0 Å². The summed E-state index contributed by atoms with van der Waals surface area (Å²) < 4.78 is 0. The lowest BCUT2D eigenvalue weighted by Gasteiger charge is -2.01. The van der Waals surface area contributed by atoms with Crippen LogP contribution in [0, 0.1) is 4.91 Å². The highest BCUT2D eigenvalue weighted by Gasteiger charge is 1.99. The van der Waals surface area contributed by atoms with Gasteiger partial charge < -0.3 is 11.1 Å². The molecular weight excluding hydrogens is 142 g/mol. The van der Waals surface area contributed by atoms with Crippen LogP contribution >= 0.6 is 0 Å². The summed E-state index contributed by atoms with van der Waals surface area (Å²) in [6.45, 7) is 0. The van der Waals surface area contributed by atoms with E-state index in [2.05, 4.69) is 10.5 Å². The topological polar surface area (TPSA) is 67.5 Å². The van der Waals surface area contributed by atoms with Crippen molar-refractivity contribution in [2.24, 2.45) is 5.18 Å². The molecule has 0 aliphatic carbocycles. The number of nitrogens with one attached hydrogen (secondary N) is 1. The standard InChI is InChI=1S/C7H9N3O/c1-9-6-3-2-5(8)4-7(6)10-11/h2-4,9H,8H2,1H3. The summed E-state index contributed by atoms with van der Waals surface area (Å²) in [5.41, 5.74) is 7.00. The molecule has 0 atom stereocenters. The summed E-state index contributed by atoms with van der Waals surface area (Å²) in [5, 5.41) is 5.63. The molecule has 1 aromatic rings. The smallest absolute Gasteiger partial charge is 0.133 e. The van der Waals surface area contributed by atoms with E-state index in [0.717, 1.165) is 0 Å². The van der Waals surface area contributed by atoms with E-state index in [-0.39, 0.29) is 0 Å².